The highest BCUT2D eigenvalue weighted by atomic mass is 32.1. The van der Waals surface area contributed by atoms with Crippen LogP contribution in [0.25, 0.3) is 21.5 Å². The van der Waals surface area contributed by atoms with Gasteiger partial charge in [0.15, 0.2) is 6.29 Å². The maximum atomic E-state index is 10.9. The van der Waals surface area contributed by atoms with Crippen molar-refractivity contribution in [2.75, 3.05) is 11.1 Å². The van der Waals surface area contributed by atoms with E-state index in [9.17, 15) is 4.79 Å². The Balaban J connectivity index is 1.56. The Morgan fingerprint density at radius 1 is 1.12 bits per heavy atom. The Hall–Kier alpha value is -3.25. The fourth-order valence-electron chi connectivity index (χ4n) is 2.72. The second-order valence-electron chi connectivity index (χ2n) is 5.84. The van der Waals surface area contributed by atoms with Crippen molar-refractivity contribution >= 4 is 40.0 Å². The Morgan fingerprint density at radius 2 is 2.04 bits per heavy atom. The number of nitrogens with zero attached hydrogens (tertiary/aromatic N) is 2. The maximum absolute atomic E-state index is 10.9. The highest BCUT2D eigenvalue weighted by molar-refractivity contribution is 7.17. The van der Waals surface area contributed by atoms with Gasteiger partial charge in [0.25, 0.3) is 0 Å². The molecule has 3 aromatic heterocycles. The maximum Gasteiger partial charge on any atom is 0.160 e. The lowest BCUT2D eigenvalue weighted by atomic mass is 10.1. The first kappa shape index (κ1) is 16.2. The first-order valence-corrected chi connectivity index (χ1v) is 8.94. The lowest BCUT2D eigenvalue weighted by Crippen LogP contribution is -2.05. The number of nitrogens with two attached hydrogens (primary N) is 1. The van der Waals surface area contributed by atoms with Crippen LogP contribution in [-0.2, 0) is 6.54 Å². The van der Waals surface area contributed by atoms with Gasteiger partial charge in [0, 0.05) is 18.1 Å². The molecule has 0 amide bonds. The molecule has 0 radical (unpaired) electrons. The Morgan fingerprint density at radius 3 is 2.88 bits per heavy atom. The van der Waals surface area contributed by atoms with E-state index in [0.717, 1.165) is 33.3 Å². The quantitative estimate of drug-likeness (QED) is 0.517. The number of pyridine rings is 2. The van der Waals surface area contributed by atoms with Crippen molar-refractivity contribution in [3.63, 3.8) is 0 Å². The fraction of sp³-hybridized carbons (Fsp3) is 0.0500. The van der Waals surface area contributed by atoms with Crippen LogP contribution in [0.4, 0.5) is 11.5 Å². The van der Waals surface area contributed by atoms with E-state index in [0.29, 0.717) is 22.9 Å². The number of aldehydes is 1. The zero-order valence-electron chi connectivity index (χ0n) is 13.8. The number of hydrogen-bond donors (Lipinski definition) is 2. The number of carbonyl (C=O) groups is 1. The first-order valence-electron chi connectivity index (χ1n) is 8.12. The second kappa shape index (κ2) is 6.93. The molecule has 0 aliphatic heterocycles. The molecule has 4 rings (SSSR count). The molecule has 0 unspecified atom stereocenters. The first-order chi connectivity index (χ1) is 12.7. The van der Waals surface area contributed by atoms with Gasteiger partial charge in [0.1, 0.15) is 5.82 Å². The molecular weight excluding hydrogens is 344 g/mol. The molecule has 0 aliphatic carbocycles. The van der Waals surface area contributed by atoms with E-state index < -0.39 is 0 Å². The third-order valence-electron chi connectivity index (χ3n) is 4.05. The van der Waals surface area contributed by atoms with E-state index >= 15 is 0 Å². The average molecular weight is 360 g/mol. The van der Waals surface area contributed by atoms with Gasteiger partial charge in [-0.15, -0.1) is 11.3 Å². The molecular formula is C20H16N4OS. The molecule has 3 heterocycles. The van der Waals surface area contributed by atoms with Gasteiger partial charge in [-0.05, 0) is 48.0 Å². The Labute approximate surface area is 154 Å². The third-order valence-corrected chi connectivity index (χ3v) is 5.08. The molecule has 1 aromatic carbocycles. The summed E-state index contributed by atoms with van der Waals surface area (Å²) in [6.45, 7) is 0.607. The standard InChI is InChI=1S/C20H16N4OS/c21-16-5-7-18(19-8-4-15(12-25)26-19)24-20(16)23-11-13-3-6-17-14(10-13)2-1-9-22-17/h1-10,12H,11,21H2,(H,23,24). The van der Waals surface area contributed by atoms with Crippen LogP contribution in [0.1, 0.15) is 15.2 Å². The molecule has 128 valence electrons. The SMILES string of the molecule is Nc1ccc(-c2ccc(C=O)s2)nc1NCc1ccc2ncccc2c1. The number of benzene rings is 1. The molecule has 0 spiro atoms. The summed E-state index contributed by atoms with van der Waals surface area (Å²) in [7, 11) is 0. The van der Waals surface area contributed by atoms with Crippen molar-refractivity contribution < 1.29 is 4.79 Å². The summed E-state index contributed by atoms with van der Waals surface area (Å²) in [5.74, 6) is 0.634. The van der Waals surface area contributed by atoms with Crippen molar-refractivity contribution in [2.24, 2.45) is 0 Å². The molecule has 0 atom stereocenters. The molecule has 4 aromatic rings. The summed E-state index contributed by atoms with van der Waals surface area (Å²) >= 11 is 1.41. The van der Waals surface area contributed by atoms with Crippen molar-refractivity contribution in [2.45, 2.75) is 6.54 Å². The van der Waals surface area contributed by atoms with Crippen molar-refractivity contribution in [3.8, 4) is 10.6 Å². The molecule has 0 bridgehead atoms. The van der Waals surface area contributed by atoms with Crippen LogP contribution >= 0.6 is 11.3 Å². The van der Waals surface area contributed by atoms with Gasteiger partial charge in [0.05, 0.1) is 26.7 Å². The minimum atomic E-state index is 0.586. The van der Waals surface area contributed by atoms with Crippen molar-refractivity contribution in [1.29, 1.82) is 0 Å². The minimum absolute atomic E-state index is 0.586. The topological polar surface area (TPSA) is 80.9 Å². The summed E-state index contributed by atoms with van der Waals surface area (Å²) in [5.41, 5.74) is 9.54. The smallest absolute Gasteiger partial charge is 0.160 e. The Bertz CT molecular complexity index is 1090. The monoisotopic (exact) mass is 360 g/mol. The summed E-state index contributed by atoms with van der Waals surface area (Å²) in [6.07, 6.45) is 2.64. The Kier molecular flexibility index (Phi) is 4.33. The van der Waals surface area contributed by atoms with Crippen LogP contribution in [0.3, 0.4) is 0 Å². The number of fused-ring (bicyclic) bond motifs is 1. The summed E-state index contributed by atoms with van der Waals surface area (Å²) < 4.78 is 0. The predicted molar refractivity (Wildman–Crippen MR) is 106 cm³/mol. The summed E-state index contributed by atoms with van der Waals surface area (Å²) in [6, 6.07) is 17.5. The van der Waals surface area contributed by atoms with Crippen molar-refractivity contribution in [1.82, 2.24) is 9.97 Å². The fourth-order valence-corrected chi connectivity index (χ4v) is 3.52. The molecule has 0 saturated carbocycles. The van der Waals surface area contributed by atoms with Gasteiger partial charge in [-0.3, -0.25) is 9.78 Å². The van der Waals surface area contributed by atoms with Gasteiger partial charge in [0.2, 0.25) is 0 Å². The molecule has 3 N–H and O–H groups in total. The van der Waals surface area contributed by atoms with Gasteiger partial charge in [-0.2, -0.15) is 0 Å². The van der Waals surface area contributed by atoms with Gasteiger partial charge in [-0.1, -0.05) is 12.1 Å². The number of aromatic nitrogens is 2. The molecule has 0 fully saturated rings. The number of anilines is 2. The molecule has 0 saturated heterocycles. The predicted octanol–water partition coefficient (Wildman–Crippen LogP) is 4.37. The second-order valence-corrected chi connectivity index (χ2v) is 6.95. The molecule has 6 heteroatoms. The van der Waals surface area contributed by atoms with Crippen LogP contribution in [0, 0.1) is 0 Å². The third kappa shape index (κ3) is 3.27. The largest absolute Gasteiger partial charge is 0.396 e. The normalized spacial score (nSPS) is 10.8. The molecule has 26 heavy (non-hydrogen) atoms. The number of rotatable bonds is 5. The zero-order chi connectivity index (χ0) is 17.9. The van der Waals surface area contributed by atoms with Crippen LogP contribution in [0.5, 0.6) is 0 Å². The van der Waals surface area contributed by atoms with Crippen LogP contribution in [0.2, 0.25) is 0 Å². The minimum Gasteiger partial charge on any atom is -0.396 e. The summed E-state index contributed by atoms with van der Waals surface area (Å²) in [5, 5.41) is 4.40. The van der Waals surface area contributed by atoms with Crippen LogP contribution < -0.4 is 11.1 Å². The van der Waals surface area contributed by atoms with E-state index in [1.807, 2.05) is 42.5 Å². The van der Waals surface area contributed by atoms with E-state index in [1.165, 1.54) is 11.3 Å². The van der Waals surface area contributed by atoms with Crippen LogP contribution in [0.15, 0.2) is 60.8 Å². The lowest BCUT2D eigenvalue weighted by Gasteiger charge is -2.10. The van der Waals surface area contributed by atoms with Gasteiger partial charge in [-0.25, -0.2) is 4.98 Å². The van der Waals surface area contributed by atoms with E-state index in [-0.39, 0.29) is 0 Å². The number of carbonyl (C=O) groups excluding carboxylic acids is 1. The molecule has 0 aliphatic rings. The lowest BCUT2D eigenvalue weighted by molar-refractivity contribution is 0.112. The highest BCUT2D eigenvalue weighted by Crippen LogP contribution is 2.29. The van der Waals surface area contributed by atoms with Crippen LogP contribution in [-0.4, -0.2) is 16.3 Å². The van der Waals surface area contributed by atoms with Crippen molar-refractivity contribution in [3.05, 3.63) is 71.2 Å². The molecule has 5 nitrogen and oxygen atoms in total. The van der Waals surface area contributed by atoms with E-state index in [4.69, 9.17) is 5.73 Å². The number of nitrogens with one attached hydrogen (secondary N) is 1. The highest BCUT2D eigenvalue weighted by Gasteiger charge is 2.08. The van der Waals surface area contributed by atoms with E-state index in [2.05, 4.69) is 21.4 Å². The van der Waals surface area contributed by atoms with E-state index in [1.54, 1.807) is 12.3 Å². The van der Waals surface area contributed by atoms with Gasteiger partial charge >= 0.3 is 0 Å². The summed E-state index contributed by atoms with van der Waals surface area (Å²) in [4.78, 5) is 21.4. The average Bonchev–Trinajstić information content (AvgIpc) is 3.16. The van der Waals surface area contributed by atoms with Gasteiger partial charge < -0.3 is 11.1 Å². The number of hydrogen-bond acceptors (Lipinski definition) is 6. The number of thiophene rings is 1. The number of nitrogen functional groups attached to an aromatic ring is 1. The zero-order valence-corrected chi connectivity index (χ0v) is 14.7.